The molecule has 0 aliphatic heterocycles. The molecule has 0 radical (unpaired) electrons. The molecule has 92 valence electrons. The number of rotatable bonds is 3. The maximum absolute atomic E-state index is 9.21. The highest BCUT2D eigenvalue weighted by Crippen LogP contribution is 2.03. The van der Waals surface area contributed by atoms with Gasteiger partial charge in [0.15, 0.2) is 0 Å². The van der Waals surface area contributed by atoms with Crippen LogP contribution in [0, 0.1) is 5.92 Å². The van der Waals surface area contributed by atoms with E-state index >= 15 is 0 Å². The van der Waals surface area contributed by atoms with Crippen LogP contribution in [0.15, 0.2) is 60.9 Å². The summed E-state index contributed by atoms with van der Waals surface area (Å²) in [5.74, 6) is 1.04. The maximum Gasteiger partial charge on any atom is 0.115 e. The average Bonchev–Trinajstić information content (AvgIpc) is 2.27. The van der Waals surface area contributed by atoms with E-state index < -0.39 is 0 Å². The van der Waals surface area contributed by atoms with E-state index in [4.69, 9.17) is 0 Å². The third-order valence-electron chi connectivity index (χ3n) is 1.53. The summed E-state index contributed by atoms with van der Waals surface area (Å²) in [5, 5.41) is 9.21. The number of benzene rings is 1. The molecule has 1 aromatic carbocycles. The van der Waals surface area contributed by atoms with Crippen molar-refractivity contribution in [3.05, 3.63) is 66.5 Å². The normalized spacial score (nSPS) is 11.2. The van der Waals surface area contributed by atoms with Crippen LogP contribution in [0.3, 0.4) is 0 Å². The van der Waals surface area contributed by atoms with Gasteiger partial charge in [-0.3, -0.25) is 0 Å². The Bertz CT molecular complexity index is 356. The topological polar surface area (TPSA) is 20.2 Å². The summed E-state index contributed by atoms with van der Waals surface area (Å²) < 4.78 is 0. The van der Waals surface area contributed by atoms with E-state index in [1.54, 1.807) is 18.2 Å². The molecule has 0 amide bonds. The molecule has 0 bridgehead atoms. The molecule has 17 heavy (non-hydrogen) atoms. The zero-order valence-electron chi connectivity index (χ0n) is 10.9. The second kappa shape index (κ2) is 9.46. The molecule has 0 heterocycles. The third-order valence-corrected chi connectivity index (χ3v) is 1.53. The van der Waals surface area contributed by atoms with Crippen LogP contribution in [-0.2, 0) is 0 Å². The quantitative estimate of drug-likeness (QED) is 0.573. The third kappa shape index (κ3) is 10.5. The van der Waals surface area contributed by atoms with E-state index in [1.807, 2.05) is 36.4 Å². The van der Waals surface area contributed by atoms with Crippen molar-refractivity contribution in [3.63, 3.8) is 0 Å². The summed E-state index contributed by atoms with van der Waals surface area (Å²) in [6, 6.07) is 9.80. The van der Waals surface area contributed by atoms with Gasteiger partial charge in [-0.2, -0.15) is 0 Å². The Hall–Kier alpha value is -1.76. The van der Waals surface area contributed by atoms with E-state index in [-0.39, 0.29) is 5.76 Å². The summed E-state index contributed by atoms with van der Waals surface area (Å²) in [5.41, 5.74) is 1.06. The molecule has 0 fully saturated rings. The van der Waals surface area contributed by atoms with Crippen LogP contribution < -0.4 is 0 Å². The molecule has 0 aliphatic carbocycles. The first-order valence-corrected chi connectivity index (χ1v) is 5.81. The van der Waals surface area contributed by atoms with Crippen molar-refractivity contribution in [1.29, 1.82) is 0 Å². The predicted octanol–water partition coefficient (Wildman–Crippen LogP) is 4.99. The average molecular weight is 230 g/mol. The zero-order chi connectivity index (χ0) is 13.1. The largest absolute Gasteiger partial charge is 0.508 e. The molecule has 0 aliphatic rings. The summed E-state index contributed by atoms with van der Waals surface area (Å²) in [4.78, 5) is 0. The van der Waals surface area contributed by atoms with Crippen molar-refractivity contribution in [3.8, 4) is 0 Å². The molecule has 0 atom stereocenters. The van der Waals surface area contributed by atoms with Crippen molar-refractivity contribution in [1.82, 2.24) is 0 Å². The molecule has 0 unspecified atom stereocenters. The number of allylic oxidation sites excluding steroid dienone is 3. The Morgan fingerprint density at radius 2 is 1.71 bits per heavy atom. The van der Waals surface area contributed by atoms with E-state index in [9.17, 15) is 5.11 Å². The fraction of sp³-hybridized carbons (Fsp3) is 0.250. The minimum absolute atomic E-state index is 0.207. The highest BCUT2D eigenvalue weighted by atomic mass is 16.3. The van der Waals surface area contributed by atoms with Gasteiger partial charge in [-0.1, -0.05) is 69.8 Å². The molecule has 0 saturated heterocycles. The summed E-state index contributed by atoms with van der Waals surface area (Å²) in [6.07, 6.45) is 6.57. The van der Waals surface area contributed by atoms with Crippen molar-refractivity contribution < 1.29 is 5.11 Å². The second-order valence-corrected chi connectivity index (χ2v) is 4.30. The van der Waals surface area contributed by atoms with E-state index in [1.165, 1.54) is 0 Å². The van der Waals surface area contributed by atoms with Crippen LogP contribution in [0.4, 0.5) is 0 Å². The van der Waals surface area contributed by atoms with Gasteiger partial charge in [0.25, 0.3) is 0 Å². The maximum atomic E-state index is 9.21. The van der Waals surface area contributed by atoms with Gasteiger partial charge >= 0.3 is 0 Å². The van der Waals surface area contributed by atoms with Crippen LogP contribution in [0.1, 0.15) is 26.3 Å². The first-order valence-electron chi connectivity index (χ1n) is 5.81. The van der Waals surface area contributed by atoms with E-state index in [0.717, 1.165) is 11.5 Å². The lowest BCUT2D eigenvalue weighted by molar-refractivity contribution is 0.433. The Morgan fingerprint density at radius 1 is 1.18 bits per heavy atom. The van der Waals surface area contributed by atoms with Crippen LogP contribution in [0.25, 0.3) is 6.08 Å². The summed E-state index contributed by atoms with van der Waals surface area (Å²) in [6.45, 7) is 9.99. The standard InChI is InChI=1S/C12H12O.C4H10/c1-2-6-12(13)10-9-11-7-4-3-5-8-11;1-4(2)3/h2-10,13H,1H2;4H,1-3H3/b10-9-,12-6+;. The molecule has 1 N–H and O–H groups in total. The fourth-order valence-electron chi connectivity index (χ4n) is 0.922. The van der Waals surface area contributed by atoms with Gasteiger partial charge in [-0.25, -0.2) is 0 Å². The lowest BCUT2D eigenvalue weighted by atomic mass is 10.2. The van der Waals surface area contributed by atoms with Crippen molar-refractivity contribution in [2.75, 3.05) is 0 Å². The van der Waals surface area contributed by atoms with Crippen LogP contribution in [-0.4, -0.2) is 5.11 Å². The number of hydrogen-bond donors (Lipinski definition) is 1. The van der Waals surface area contributed by atoms with Gasteiger partial charge in [-0.15, -0.1) is 0 Å². The molecular weight excluding hydrogens is 208 g/mol. The minimum atomic E-state index is 0.207. The highest BCUT2D eigenvalue weighted by Gasteiger charge is 1.84. The molecule has 1 aromatic rings. The molecule has 1 rings (SSSR count). The van der Waals surface area contributed by atoms with Crippen molar-refractivity contribution in [2.24, 2.45) is 5.92 Å². The first-order chi connectivity index (χ1) is 8.06. The highest BCUT2D eigenvalue weighted by molar-refractivity contribution is 5.51. The second-order valence-electron chi connectivity index (χ2n) is 4.30. The van der Waals surface area contributed by atoms with Gasteiger partial charge in [-0.05, 0) is 23.6 Å². The lowest BCUT2D eigenvalue weighted by Gasteiger charge is -1.91. The number of aliphatic hydroxyl groups is 1. The monoisotopic (exact) mass is 230 g/mol. The minimum Gasteiger partial charge on any atom is -0.508 e. The SMILES string of the molecule is C=C/C=C(O)\C=C/c1ccccc1.CC(C)C. The number of aliphatic hydroxyl groups excluding tert-OH is 1. The Kier molecular flexibility index (Phi) is 8.48. The van der Waals surface area contributed by atoms with Crippen LogP contribution in [0.5, 0.6) is 0 Å². The Balaban J connectivity index is 0.000000557. The Labute approximate surface area is 105 Å². The van der Waals surface area contributed by atoms with Gasteiger partial charge in [0.1, 0.15) is 5.76 Å². The summed E-state index contributed by atoms with van der Waals surface area (Å²) >= 11 is 0. The predicted molar refractivity (Wildman–Crippen MR) is 76.9 cm³/mol. The molecule has 1 nitrogen and oxygen atoms in total. The number of hydrogen-bond acceptors (Lipinski definition) is 1. The van der Waals surface area contributed by atoms with Gasteiger partial charge in [0.2, 0.25) is 0 Å². The lowest BCUT2D eigenvalue weighted by Crippen LogP contribution is -1.73. The van der Waals surface area contributed by atoms with Crippen molar-refractivity contribution >= 4 is 6.08 Å². The molecule has 0 spiro atoms. The fourth-order valence-corrected chi connectivity index (χ4v) is 0.922. The molecular formula is C16H22O. The van der Waals surface area contributed by atoms with Gasteiger partial charge in [0, 0.05) is 0 Å². The zero-order valence-corrected chi connectivity index (χ0v) is 10.9. The molecule has 0 aromatic heterocycles. The summed E-state index contributed by atoms with van der Waals surface area (Å²) in [7, 11) is 0. The van der Waals surface area contributed by atoms with Crippen LogP contribution in [0.2, 0.25) is 0 Å². The van der Waals surface area contributed by atoms with Crippen molar-refractivity contribution in [2.45, 2.75) is 20.8 Å². The van der Waals surface area contributed by atoms with E-state index in [2.05, 4.69) is 27.4 Å². The van der Waals surface area contributed by atoms with Gasteiger partial charge in [0.05, 0.1) is 0 Å². The molecule has 0 saturated carbocycles. The first kappa shape index (κ1) is 15.2. The van der Waals surface area contributed by atoms with Crippen LogP contribution >= 0.6 is 0 Å². The smallest absolute Gasteiger partial charge is 0.115 e. The van der Waals surface area contributed by atoms with Gasteiger partial charge < -0.3 is 5.11 Å². The molecule has 1 heteroatoms. The van der Waals surface area contributed by atoms with E-state index in [0.29, 0.717) is 0 Å². The Morgan fingerprint density at radius 3 is 2.18 bits per heavy atom.